The van der Waals surface area contributed by atoms with Crippen LogP contribution in [0, 0.1) is 5.82 Å². The number of ether oxygens (including phenoxy) is 3. The van der Waals surface area contributed by atoms with Gasteiger partial charge in [0.15, 0.2) is 11.5 Å². The maximum atomic E-state index is 13.4. The summed E-state index contributed by atoms with van der Waals surface area (Å²) >= 11 is 0. The number of hydrogen-bond donors (Lipinski definition) is 0. The molecule has 0 aliphatic carbocycles. The highest BCUT2D eigenvalue weighted by atomic mass is 19.1. The van der Waals surface area contributed by atoms with Gasteiger partial charge in [-0.2, -0.15) is 0 Å². The normalized spacial score (nSPS) is 10.7. The van der Waals surface area contributed by atoms with Gasteiger partial charge in [-0.25, -0.2) is 9.37 Å². The molecular weight excluding hydrogens is 397 g/mol. The summed E-state index contributed by atoms with van der Waals surface area (Å²) in [5.41, 5.74) is 2.56. The topological polar surface area (TPSA) is 57.7 Å². The van der Waals surface area contributed by atoms with E-state index < -0.39 is 5.82 Å². The average molecular weight is 417 g/mol. The Hall–Kier alpha value is -3.93. The van der Waals surface area contributed by atoms with Crippen LogP contribution < -0.4 is 14.2 Å². The van der Waals surface area contributed by atoms with Crippen LogP contribution >= 0.6 is 0 Å². The monoisotopic (exact) mass is 417 g/mol. The van der Waals surface area contributed by atoms with Gasteiger partial charge < -0.3 is 14.2 Å². The van der Waals surface area contributed by atoms with Crippen molar-refractivity contribution in [2.24, 2.45) is 0 Å². The van der Waals surface area contributed by atoms with Crippen LogP contribution in [0.3, 0.4) is 0 Å². The number of para-hydroxylation sites is 1. The van der Waals surface area contributed by atoms with Crippen molar-refractivity contribution >= 4 is 16.7 Å². The van der Waals surface area contributed by atoms with Crippen molar-refractivity contribution < 1.29 is 23.4 Å². The molecule has 4 aromatic rings. The fourth-order valence-corrected chi connectivity index (χ4v) is 3.48. The molecule has 5 nitrogen and oxygen atoms in total. The lowest BCUT2D eigenvalue weighted by Crippen LogP contribution is -2.07. The van der Waals surface area contributed by atoms with Gasteiger partial charge in [0, 0.05) is 16.5 Å². The number of ketones is 1. The molecule has 0 spiro atoms. The number of nitrogens with zero attached hydrogens (tertiary/aromatic N) is 1. The molecule has 0 aliphatic rings. The maximum Gasteiger partial charge on any atom is 0.212 e. The summed E-state index contributed by atoms with van der Waals surface area (Å²) in [6, 6.07) is 18.4. The van der Waals surface area contributed by atoms with E-state index in [0.717, 1.165) is 5.39 Å². The zero-order valence-electron chi connectivity index (χ0n) is 17.3. The van der Waals surface area contributed by atoms with Crippen LogP contribution in [0.2, 0.25) is 0 Å². The number of hydrogen-bond acceptors (Lipinski definition) is 5. The number of aromatic nitrogens is 1. The number of carbonyl (C=O) groups excluding carboxylic acids is 1. The Labute approximate surface area is 179 Å². The van der Waals surface area contributed by atoms with E-state index in [0.29, 0.717) is 39.5 Å². The predicted molar refractivity (Wildman–Crippen MR) is 117 cm³/mol. The summed E-state index contributed by atoms with van der Waals surface area (Å²) in [6.45, 7) is 0. The predicted octanol–water partition coefficient (Wildman–Crippen LogP) is 5.30. The van der Waals surface area contributed by atoms with Crippen LogP contribution in [0.25, 0.3) is 22.0 Å². The molecule has 0 unspecified atom stereocenters. The van der Waals surface area contributed by atoms with Crippen molar-refractivity contribution in [3.63, 3.8) is 0 Å². The zero-order valence-corrected chi connectivity index (χ0v) is 17.3. The highest BCUT2D eigenvalue weighted by molar-refractivity contribution is 6.13. The first-order valence-corrected chi connectivity index (χ1v) is 9.56. The Kier molecular flexibility index (Phi) is 5.54. The van der Waals surface area contributed by atoms with Gasteiger partial charge in [0.2, 0.25) is 11.5 Å². The molecule has 31 heavy (non-hydrogen) atoms. The quantitative estimate of drug-likeness (QED) is 0.399. The maximum absolute atomic E-state index is 13.4. The lowest BCUT2D eigenvalue weighted by atomic mass is 9.96. The van der Waals surface area contributed by atoms with Crippen LogP contribution in [-0.2, 0) is 0 Å². The molecule has 0 fully saturated rings. The summed E-state index contributed by atoms with van der Waals surface area (Å²) in [7, 11) is 4.59. The second kappa shape index (κ2) is 8.44. The smallest absolute Gasteiger partial charge is 0.212 e. The largest absolute Gasteiger partial charge is 0.493 e. The number of halogens is 1. The van der Waals surface area contributed by atoms with Crippen LogP contribution in [0.4, 0.5) is 4.39 Å². The van der Waals surface area contributed by atoms with Crippen LogP contribution in [0.15, 0.2) is 66.7 Å². The number of rotatable bonds is 6. The lowest BCUT2D eigenvalue weighted by molar-refractivity contribution is 0.103. The third kappa shape index (κ3) is 3.80. The van der Waals surface area contributed by atoms with Crippen molar-refractivity contribution in [3.8, 4) is 28.4 Å². The van der Waals surface area contributed by atoms with Gasteiger partial charge in [0.05, 0.1) is 26.8 Å². The van der Waals surface area contributed by atoms with Crippen molar-refractivity contribution in [2.45, 2.75) is 0 Å². The highest BCUT2D eigenvalue weighted by Gasteiger charge is 2.21. The fraction of sp³-hybridized carbons (Fsp3) is 0.120. The van der Waals surface area contributed by atoms with Gasteiger partial charge in [-0.1, -0.05) is 18.2 Å². The molecule has 0 saturated carbocycles. The molecule has 0 bridgehead atoms. The van der Waals surface area contributed by atoms with E-state index in [1.54, 1.807) is 12.1 Å². The van der Waals surface area contributed by atoms with E-state index in [2.05, 4.69) is 4.98 Å². The van der Waals surface area contributed by atoms with E-state index in [9.17, 15) is 9.18 Å². The van der Waals surface area contributed by atoms with Crippen molar-refractivity contribution in [3.05, 3.63) is 83.8 Å². The van der Waals surface area contributed by atoms with Gasteiger partial charge in [-0.05, 0) is 54.1 Å². The van der Waals surface area contributed by atoms with Crippen LogP contribution in [-0.4, -0.2) is 32.1 Å². The second-order valence-electron chi connectivity index (χ2n) is 6.83. The molecule has 0 aliphatic heterocycles. The molecular formula is C25H20FNO4. The molecule has 1 aromatic heterocycles. The Morgan fingerprint density at radius 1 is 0.839 bits per heavy atom. The summed E-state index contributed by atoms with van der Waals surface area (Å²) in [6.07, 6.45) is 0. The highest BCUT2D eigenvalue weighted by Crippen LogP contribution is 2.42. The van der Waals surface area contributed by atoms with Gasteiger partial charge >= 0.3 is 0 Å². The first kappa shape index (κ1) is 20.3. The summed E-state index contributed by atoms with van der Waals surface area (Å²) in [5, 5.41) is 0.877. The molecule has 0 radical (unpaired) electrons. The van der Waals surface area contributed by atoms with Gasteiger partial charge in [0.1, 0.15) is 11.5 Å². The van der Waals surface area contributed by atoms with E-state index in [-0.39, 0.29) is 11.5 Å². The zero-order chi connectivity index (χ0) is 22.0. The van der Waals surface area contributed by atoms with Gasteiger partial charge in [-0.3, -0.25) is 4.79 Å². The number of pyridine rings is 1. The fourth-order valence-electron chi connectivity index (χ4n) is 3.48. The molecule has 0 N–H and O–H groups in total. The van der Waals surface area contributed by atoms with Crippen molar-refractivity contribution in [1.29, 1.82) is 0 Å². The molecule has 0 saturated heterocycles. The summed E-state index contributed by atoms with van der Waals surface area (Å²) < 4.78 is 29.7. The Morgan fingerprint density at radius 3 is 2.10 bits per heavy atom. The Bertz CT molecular complexity index is 1240. The summed E-state index contributed by atoms with van der Waals surface area (Å²) in [5.74, 6) is 0.659. The lowest BCUT2D eigenvalue weighted by Gasteiger charge is -2.16. The van der Waals surface area contributed by atoms with Gasteiger partial charge in [0.25, 0.3) is 0 Å². The van der Waals surface area contributed by atoms with E-state index in [1.165, 1.54) is 45.6 Å². The second-order valence-corrected chi connectivity index (χ2v) is 6.83. The molecule has 3 aromatic carbocycles. The van der Waals surface area contributed by atoms with E-state index in [1.807, 2.05) is 30.3 Å². The van der Waals surface area contributed by atoms with E-state index in [4.69, 9.17) is 14.2 Å². The first-order valence-electron chi connectivity index (χ1n) is 9.56. The molecule has 0 atom stereocenters. The minimum atomic E-state index is -0.409. The minimum absolute atomic E-state index is 0.250. The van der Waals surface area contributed by atoms with Crippen molar-refractivity contribution in [2.75, 3.05) is 21.3 Å². The molecule has 4 rings (SSSR count). The third-order valence-electron chi connectivity index (χ3n) is 5.02. The average Bonchev–Trinajstić information content (AvgIpc) is 2.82. The molecule has 1 heterocycles. The molecule has 6 heteroatoms. The molecule has 0 amide bonds. The molecule has 156 valence electrons. The van der Waals surface area contributed by atoms with E-state index >= 15 is 0 Å². The minimum Gasteiger partial charge on any atom is -0.493 e. The number of benzene rings is 3. The number of carbonyl (C=O) groups is 1. The first-order chi connectivity index (χ1) is 15.0. The summed E-state index contributed by atoms with van der Waals surface area (Å²) in [4.78, 5) is 18.0. The van der Waals surface area contributed by atoms with Crippen molar-refractivity contribution in [1.82, 2.24) is 4.98 Å². The Balaban J connectivity index is 1.98. The van der Waals surface area contributed by atoms with Crippen LogP contribution in [0.1, 0.15) is 16.1 Å². The third-order valence-corrected chi connectivity index (χ3v) is 5.02. The van der Waals surface area contributed by atoms with Gasteiger partial charge in [-0.15, -0.1) is 0 Å². The Morgan fingerprint density at radius 2 is 1.48 bits per heavy atom. The number of methoxy groups -OCH3 is 3. The van der Waals surface area contributed by atoms with Crippen LogP contribution in [0.5, 0.6) is 17.2 Å². The standard InChI is InChI=1S/C25H20FNO4/c1-29-21-13-17(14-22(30-2)25(21)31-3)19-12-16-6-4-5-7-20(16)27-23(19)24(28)15-8-10-18(26)11-9-15/h4-14H,1-3H3. The number of fused-ring (bicyclic) bond motifs is 1. The SMILES string of the molecule is COc1cc(-c2cc3ccccc3nc2C(=O)c2ccc(F)cc2)cc(OC)c1OC.